The van der Waals surface area contributed by atoms with Crippen molar-refractivity contribution in [2.45, 2.75) is 115 Å². The molecular weight excluding hydrogens is 512 g/mol. The first-order chi connectivity index (χ1) is 18.0. The van der Waals surface area contributed by atoms with Crippen LogP contribution >= 0.6 is 0 Å². The van der Waals surface area contributed by atoms with Crippen LogP contribution in [0.15, 0.2) is 23.8 Å². The van der Waals surface area contributed by atoms with Crippen LogP contribution in [-0.2, 0) is 42.9 Å². The number of carbonyl (C=O) groups excluding carboxylic acids is 4. The van der Waals surface area contributed by atoms with Gasteiger partial charge >= 0.3 is 23.9 Å². The van der Waals surface area contributed by atoms with Gasteiger partial charge in [0.15, 0.2) is 17.3 Å². The number of aliphatic hydroxyl groups is 2. The van der Waals surface area contributed by atoms with Crippen molar-refractivity contribution in [1.29, 1.82) is 0 Å². The van der Waals surface area contributed by atoms with E-state index in [0.29, 0.717) is 12.0 Å². The minimum Gasteiger partial charge on any atom is -0.461 e. The average Bonchev–Trinajstić information content (AvgIpc) is 3.40. The number of aliphatic hydroxyl groups excluding tert-OH is 1. The van der Waals surface area contributed by atoms with Gasteiger partial charge in [-0.05, 0) is 44.9 Å². The summed E-state index contributed by atoms with van der Waals surface area (Å²) in [7, 11) is 0. The molecule has 216 valence electrons. The molecule has 11 nitrogen and oxygen atoms in total. The number of fused-ring (bicyclic) bond motifs is 1. The van der Waals surface area contributed by atoms with E-state index >= 15 is 0 Å². The van der Waals surface area contributed by atoms with E-state index in [0.717, 1.165) is 0 Å². The highest BCUT2D eigenvalue weighted by atomic mass is 16.7. The lowest BCUT2D eigenvalue weighted by molar-refractivity contribution is -0.213. The quantitative estimate of drug-likeness (QED) is 0.222. The van der Waals surface area contributed by atoms with Gasteiger partial charge in [0.25, 0.3) is 0 Å². The highest BCUT2D eigenvalue weighted by molar-refractivity contribution is 5.89. The van der Waals surface area contributed by atoms with Gasteiger partial charge in [0.2, 0.25) is 0 Å². The normalized spacial score (nSPS) is 44.5. The molecule has 0 bridgehead atoms. The summed E-state index contributed by atoms with van der Waals surface area (Å²) in [6, 6.07) is 0. The Kier molecular flexibility index (Phi) is 7.27. The fourth-order valence-corrected chi connectivity index (χ4v) is 6.70. The van der Waals surface area contributed by atoms with Gasteiger partial charge in [0, 0.05) is 38.0 Å². The van der Waals surface area contributed by atoms with Crippen LogP contribution in [0.5, 0.6) is 0 Å². The van der Waals surface area contributed by atoms with Crippen LogP contribution < -0.4 is 0 Å². The van der Waals surface area contributed by atoms with E-state index in [4.69, 9.17) is 23.7 Å². The van der Waals surface area contributed by atoms with Crippen molar-refractivity contribution in [1.82, 2.24) is 0 Å². The van der Waals surface area contributed by atoms with E-state index in [1.54, 1.807) is 26.0 Å². The van der Waals surface area contributed by atoms with Crippen LogP contribution in [0, 0.1) is 11.3 Å². The largest absolute Gasteiger partial charge is 0.461 e. The summed E-state index contributed by atoms with van der Waals surface area (Å²) < 4.78 is 28.6. The second-order valence-electron chi connectivity index (χ2n) is 11.6. The SMILES string of the molecule is CCCC(=O)OC1C=CC2(C)C(OC(C)=O)CC(OC(C)=O)C(C)=CC3OC(=O)C4(C)OC34C(O)C2C1(C)O. The summed E-state index contributed by atoms with van der Waals surface area (Å²) >= 11 is 0. The van der Waals surface area contributed by atoms with E-state index in [9.17, 15) is 29.4 Å². The number of hydrogen-bond donors (Lipinski definition) is 2. The summed E-state index contributed by atoms with van der Waals surface area (Å²) in [6.45, 7) is 10.6. The first-order valence-electron chi connectivity index (χ1n) is 13.3. The van der Waals surface area contributed by atoms with Crippen molar-refractivity contribution in [3.8, 4) is 0 Å². The molecule has 2 N–H and O–H groups in total. The summed E-state index contributed by atoms with van der Waals surface area (Å²) in [5.41, 5.74) is -5.85. The molecule has 0 aromatic carbocycles. The lowest BCUT2D eigenvalue weighted by Gasteiger charge is -2.54. The van der Waals surface area contributed by atoms with Crippen LogP contribution in [0.4, 0.5) is 0 Å². The van der Waals surface area contributed by atoms with Crippen LogP contribution in [0.25, 0.3) is 0 Å². The molecule has 0 saturated carbocycles. The lowest BCUT2D eigenvalue weighted by atomic mass is 9.55. The van der Waals surface area contributed by atoms with Crippen molar-refractivity contribution in [2.24, 2.45) is 11.3 Å². The van der Waals surface area contributed by atoms with Crippen LogP contribution in [0.2, 0.25) is 0 Å². The number of epoxide rings is 1. The maximum absolute atomic E-state index is 12.9. The molecule has 10 unspecified atom stereocenters. The molecule has 2 aliphatic carbocycles. The topological polar surface area (TPSA) is 158 Å². The minimum absolute atomic E-state index is 0.0201. The Bertz CT molecular complexity index is 1120. The van der Waals surface area contributed by atoms with E-state index < -0.39 is 82.5 Å². The van der Waals surface area contributed by atoms with Gasteiger partial charge < -0.3 is 33.9 Å². The molecule has 1 spiro atoms. The number of esters is 4. The molecule has 4 aliphatic rings. The monoisotopic (exact) mass is 550 g/mol. The van der Waals surface area contributed by atoms with Crippen molar-refractivity contribution in [3.05, 3.63) is 23.8 Å². The van der Waals surface area contributed by atoms with Crippen molar-refractivity contribution in [3.63, 3.8) is 0 Å². The predicted octanol–water partition coefficient (Wildman–Crippen LogP) is 1.67. The Labute approximate surface area is 227 Å². The molecule has 2 aliphatic heterocycles. The van der Waals surface area contributed by atoms with E-state index in [1.807, 2.05) is 6.92 Å². The van der Waals surface area contributed by atoms with Crippen molar-refractivity contribution in [2.75, 3.05) is 0 Å². The smallest absolute Gasteiger partial charge is 0.342 e. The molecule has 10 atom stereocenters. The molecule has 0 radical (unpaired) electrons. The molecule has 2 heterocycles. The maximum Gasteiger partial charge on any atom is 0.342 e. The van der Waals surface area contributed by atoms with Crippen LogP contribution in [0.3, 0.4) is 0 Å². The molecule has 2 fully saturated rings. The second kappa shape index (κ2) is 9.71. The van der Waals surface area contributed by atoms with Gasteiger partial charge in [-0.25, -0.2) is 4.79 Å². The van der Waals surface area contributed by atoms with Gasteiger partial charge in [-0.2, -0.15) is 0 Å². The molecule has 4 rings (SSSR count). The van der Waals surface area contributed by atoms with E-state index in [-0.39, 0.29) is 12.8 Å². The van der Waals surface area contributed by atoms with E-state index in [1.165, 1.54) is 33.8 Å². The number of ether oxygens (including phenoxy) is 5. The Morgan fingerprint density at radius 2 is 1.74 bits per heavy atom. The number of hydrogen-bond acceptors (Lipinski definition) is 11. The Hall–Kier alpha value is -2.76. The molecule has 11 heteroatoms. The second-order valence-corrected chi connectivity index (χ2v) is 11.6. The highest BCUT2D eigenvalue weighted by Crippen LogP contribution is 2.64. The standard InChI is InChI=1S/C28H38O11/c1-8-9-21(31)37-18-10-11-25(5)19(36-16(4)30)13-17(35-15(3)29)14(2)12-20-28(23(32)22(25)26(18,6)34)27(7,39-28)24(33)38-20/h10-12,17-20,22-23,32,34H,8-9,13H2,1-7H3. The fraction of sp³-hybridized carbons (Fsp3) is 0.714. The molecule has 0 amide bonds. The predicted molar refractivity (Wildman–Crippen MR) is 134 cm³/mol. The van der Waals surface area contributed by atoms with Gasteiger partial charge in [-0.1, -0.05) is 19.9 Å². The van der Waals surface area contributed by atoms with Crippen LogP contribution in [-0.4, -0.2) is 81.4 Å². The van der Waals surface area contributed by atoms with Crippen molar-refractivity contribution < 1.29 is 53.1 Å². The molecular formula is C28H38O11. The first-order valence-corrected chi connectivity index (χ1v) is 13.3. The molecule has 0 aromatic heterocycles. The third-order valence-electron chi connectivity index (χ3n) is 8.76. The zero-order valence-corrected chi connectivity index (χ0v) is 23.4. The third kappa shape index (κ3) is 4.48. The fourth-order valence-electron chi connectivity index (χ4n) is 6.70. The maximum atomic E-state index is 12.9. The Balaban J connectivity index is 1.93. The summed E-state index contributed by atoms with van der Waals surface area (Å²) in [6.07, 6.45) is -0.326. The molecule has 39 heavy (non-hydrogen) atoms. The third-order valence-corrected chi connectivity index (χ3v) is 8.76. The highest BCUT2D eigenvalue weighted by Gasteiger charge is 2.86. The lowest BCUT2D eigenvalue weighted by Crippen LogP contribution is -2.66. The number of rotatable bonds is 5. The summed E-state index contributed by atoms with van der Waals surface area (Å²) in [5.74, 6) is -3.62. The van der Waals surface area contributed by atoms with Crippen LogP contribution in [0.1, 0.15) is 67.7 Å². The zero-order chi connectivity index (χ0) is 29.1. The zero-order valence-electron chi connectivity index (χ0n) is 23.4. The Morgan fingerprint density at radius 3 is 2.31 bits per heavy atom. The van der Waals surface area contributed by atoms with Gasteiger partial charge in [-0.3, -0.25) is 14.4 Å². The molecule has 2 saturated heterocycles. The van der Waals surface area contributed by atoms with Gasteiger partial charge in [0.1, 0.15) is 23.9 Å². The van der Waals surface area contributed by atoms with Crippen molar-refractivity contribution >= 4 is 23.9 Å². The minimum atomic E-state index is -1.92. The number of carbonyl (C=O) groups is 4. The Morgan fingerprint density at radius 1 is 1.10 bits per heavy atom. The average molecular weight is 551 g/mol. The summed E-state index contributed by atoms with van der Waals surface area (Å²) in [4.78, 5) is 49.7. The van der Waals surface area contributed by atoms with Gasteiger partial charge in [-0.15, -0.1) is 0 Å². The molecule has 0 aromatic rings. The van der Waals surface area contributed by atoms with E-state index in [2.05, 4.69) is 0 Å². The summed E-state index contributed by atoms with van der Waals surface area (Å²) in [5, 5.41) is 24.2. The first kappa shape index (κ1) is 29.2. The van der Waals surface area contributed by atoms with Gasteiger partial charge in [0.05, 0.1) is 6.10 Å².